The number of aliphatic hydroxyl groups is 1. The number of nitro groups is 1. The molecule has 0 bridgehead atoms. The van der Waals surface area contributed by atoms with Gasteiger partial charge in [0.05, 0.1) is 0 Å². The van der Waals surface area contributed by atoms with Gasteiger partial charge in [0.2, 0.25) is 0 Å². The number of nitrogens with zero attached hydrogens (tertiary/aromatic N) is 1. The van der Waals surface area contributed by atoms with Crippen LogP contribution in [-0.4, -0.2) is 16.1 Å². The molecule has 1 N–H and O–H groups in total. The van der Waals surface area contributed by atoms with E-state index in [1.54, 1.807) is 12.1 Å². The van der Waals surface area contributed by atoms with E-state index in [9.17, 15) is 19.6 Å². The second-order valence-electron chi connectivity index (χ2n) is 4.85. The minimum atomic E-state index is -1.17. The fraction of sp³-hybridized carbons (Fsp3) is 0.200. The number of thioether (sulfide) groups is 1. The van der Waals surface area contributed by atoms with E-state index >= 15 is 0 Å². The highest BCUT2D eigenvalue weighted by atomic mass is 32.2. The molecule has 0 unspecified atom stereocenters. The lowest BCUT2D eigenvalue weighted by molar-refractivity contribution is -0.536. The monoisotopic (exact) mass is 305 g/mol. The van der Waals surface area contributed by atoms with Crippen LogP contribution in [0.2, 0.25) is 0 Å². The van der Waals surface area contributed by atoms with Crippen molar-refractivity contribution in [2.75, 3.05) is 0 Å². The van der Waals surface area contributed by atoms with E-state index < -0.39 is 28.1 Å². The molecular formula is C15H12FNO3S. The third kappa shape index (κ3) is 2.52. The van der Waals surface area contributed by atoms with Gasteiger partial charge in [-0.05, 0) is 23.8 Å². The van der Waals surface area contributed by atoms with Crippen molar-refractivity contribution >= 4 is 11.8 Å². The van der Waals surface area contributed by atoms with Gasteiger partial charge in [0.25, 0.3) is 6.04 Å². The van der Waals surface area contributed by atoms with Crippen molar-refractivity contribution in [3.8, 4) is 0 Å². The molecule has 108 valence electrons. The van der Waals surface area contributed by atoms with Crippen molar-refractivity contribution in [3.05, 3.63) is 75.6 Å². The largest absolute Gasteiger partial charge is 0.381 e. The third-order valence-corrected chi connectivity index (χ3v) is 5.00. The van der Waals surface area contributed by atoms with Crippen molar-refractivity contribution < 1.29 is 14.4 Å². The third-order valence-electron chi connectivity index (χ3n) is 3.57. The van der Waals surface area contributed by atoms with E-state index in [-0.39, 0.29) is 0 Å². The highest BCUT2D eigenvalue weighted by molar-refractivity contribution is 7.99. The summed E-state index contributed by atoms with van der Waals surface area (Å²) >= 11 is 1.33. The second-order valence-corrected chi connectivity index (χ2v) is 6.03. The Morgan fingerprint density at radius 1 is 1.14 bits per heavy atom. The summed E-state index contributed by atoms with van der Waals surface area (Å²) in [6.45, 7) is 0. The SMILES string of the molecule is O=[N+]([O-])[C@H]1[C@H](O)c2ccccc2S[C@@H]1c1ccc(F)cc1. The first kappa shape index (κ1) is 14.0. The quantitative estimate of drug-likeness (QED) is 0.682. The van der Waals surface area contributed by atoms with Crippen LogP contribution >= 0.6 is 11.8 Å². The lowest BCUT2D eigenvalue weighted by Gasteiger charge is -2.31. The molecule has 2 aromatic rings. The van der Waals surface area contributed by atoms with Crippen LogP contribution < -0.4 is 0 Å². The summed E-state index contributed by atoms with van der Waals surface area (Å²) in [7, 11) is 0. The highest BCUT2D eigenvalue weighted by Crippen LogP contribution is 2.49. The van der Waals surface area contributed by atoms with E-state index in [0.717, 1.165) is 4.90 Å². The average Bonchev–Trinajstić information content (AvgIpc) is 2.47. The number of benzene rings is 2. The Kier molecular flexibility index (Phi) is 3.65. The van der Waals surface area contributed by atoms with Gasteiger partial charge >= 0.3 is 0 Å². The maximum absolute atomic E-state index is 13.0. The topological polar surface area (TPSA) is 63.4 Å². The Morgan fingerprint density at radius 2 is 1.81 bits per heavy atom. The molecule has 0 aliphatic carbocycles. The fourth-order valence-corrected chi connectivity index (χ4v) is 3.97. The Hall–Kier alpha value is -1.92. The molecular weight excluding hydrogens is 293 g/mol. The lowest BCUT2D eigenvalue weighted by atomic mass is 9.95. The number of aliphatic hydroxyl groups excluding tert-OH is 1. The normalized spacial score (nSPS) is 24.4. The van der Waals surface area contributed by atoms with Gasteiger partial charge in [-0.3, -0.25) is 10.1 Å². The number of halogens is 1. The first-order valence-corrected chi connectivity index (χ1v) is 7.28. The van der Waals surface area contributed by atoms with Crippen LogP contribution in [0, 0.1) is 15.9 Å². The summed E-state index contributed by atoms with van der Waals surface area (Å²) in [6.07, 6.45) is -1.17. The molecule has 0 fully saturated rings. The smallest absolute Gasteiger partial charge is 0.258 e. The molecule has 3 atom stereocenters. The summed E-state index contributed by atoms with van der Waals surface area (Å²) in [6, 6.07) is 11.6. The number of hydrogen-bond acceptors (Lipinski definition) is 4. The molecule has 21 heavy (non-hydrogen) atoms. The number of rotatable bonds is 2. The molecule has 1 heterocycles. The summed E-state index contributed by atoms with van der Waals surface area (Å²) in [5.41, 5.74) is 1.21. The second kappa shape index (κ2) is 5.46. The molecule has 0 saturated heterocycles. The first-order valence-electron chi connectivity index (χ1n) is 6.40. The standard InChI is InChI=1S/C15H12FNO3S/c16-10-7-5-9(6-8-10)15-13(17(19)20)14(18)11-3-1-2-4-12(11)21-15/h1-8,13-15,18H/t13-,14+,15+/m0/s1. The maximum Gasteiger partial charge on any atom is 0.258 e. The molecule has 4 nitrogen and oxygen atoms in total. The lowest BCUT2D eigenvalue weighted by Crippen LogP contribution is -2.35. The van der Waals surface area contributed by atoms with Gasteiger partial charge in [0.15, 0.2) is 0 Å². The Bertz CT molecular complexity index is 677. The van der Waals surface area contributed by atoms with Crippen LogP contribution in [0.25, 0.3) is 0 Å². The van der Waals surface area contributed by atoms with E-state index in [2.05, 4.69) is 0 Å². The van der Waals surface area contributed by atoms with Crippen LogP contribution in [0.1, 0.15) is 22.5 Å². The highest BCUT2D eigenvalue weighted by Gasteiger charge is 2.45. The van der Waals surface area contributed by atoms with Gasteiger partial charge < -0.3 is 5.11 Å². The van der Waals surface area contributed by atoms with E-state index in [0.29, 0.717) is 11.1 Å². The molecule has 6 heteroatoms. The zero-order valence-corrected chi connectivity index (χ0v) is 11.7. The Balaban J connectivity index is 2.06. The van der Waals surface area contributed by atoms with Gasteiger partial charge in [-0.2, -0.15) is 0 Å². The van der Waals surface area contributed by atoms with Gasteiger partial charge in [-0.25, -0.2) is 4.39 Å². The van der Waals surface area contributed by atoms with E-state index in [1.165, 1.54) is 36.0 Å². The average molecular weight is 305 g/mol. The summed E-state index contributed by atoms with van der Waals surface area (Å²) in [5, 5.41) is 21.2. The van der Waals surface area contributed by atoms with Gasteiger partial charge in [0, 0.05) is 15.4 Å². The summed E-state index contributed by atoms with van der Waals surface area (Å²) < 4.78 is 13.0. The van der Waals surface area contributed by atoms with Crippen LogP contribution in [-0.2, 0) is 0 Å². The molecule has 2 aromatic carbocycles. The minimum absolute atomic E-state index is 0.391. The van der Waals surface area contributed by atoms with E-state index in [1.807, 2.05) is 12.1 Å². The first-order chi connectivity index (χ1) is 10.1. The predicted molar refractivity (Wildman–Crippen MR) is 77.2 cm³/mol. The Morgan fingerprint density at radius 3 is 2.48 bits per heavy atom. The molecule has 1 aliphatic rings. The van der Waals surface area contributed by atoms with Crippen molar-refractivity contribution in [3.63, 3.8) is 0 Å². The van der Waals surface area contributed by atoms with E-state index in [4.69, 9.17) is 0 Å². The number of hydrogen-bond donors (Lipinski definition) is 1. The van der Waals surface area contributed by atoms with Crippen LogP contribution in [0.4, 0.5) is 4.39 Å². The molecule has 1 aliphatic heterocycles. The minimum Gasteiger partial charge on any atom is -0.381 e. The van der Waals surface area contributed by atoms with Crippen molar-refractivity contribution in [2.45, 2.75) is 22.3 Å². The van der Waals surface area contributed by atoms with Crippen LogP contribution in [0.15, 0.2) is 53.4 Å². The molecule has 0 amide bonds. The molecule has 0 saturated carbocycles. The van der Waals surface area contributed by atoms with Gasteiger partial charge in [-0.1, -0.05) is 30.3 Å². The molecule has 3 rings (SSSR count). The van der Waals surface area contributed by atoms with Gasteiger partial charge in [-0.15, -0.1) is 11.8 Å². The van der Waals surface area contributed by atoms with Crippen molar-refractivity contribution in [1.29, 1.82) is 0 Å². The zero-order valence-electron chi connectivity index (χ0n) is 10.8. The summed E-state index contributed by atoms with van der Waals surface area (Å²) in [4.78, 5) is 11.7. The molecule has 0 aromatic heterocycles. The van der Waals surface area contributed by atoms with Crippen molar-refractivity contribution in [1.82, 2.24) is 0 Å². The van der Waals surface area contributed by atoms with Crippen LogP contribution in [0.3, 0.4) is 0 Å². The maximum atomic E-state index is 13.0. The predicted octanol–water partition coefficient (Wildman–Crippen LogP) is 3.35. The van der Waals surface area contributed by atoms with Gasteiger partial charge in [0.1, 0.15) is 17.2 Å². The fourth-order valence-electron chi connectivity index (χ4n) is 2.53. The van der Waals surface area contributed by atoms with Crippen molar-refractivity contribution in [2.24, 2.45) is 0 Å². The Labute approximate surface area is 124 Å². The van der Waals surface area contributed by atoms with Crippen LogP contribution in [0.5, 0.6) is 0 Å². The number of fused-ring (bicyclic) bond motifs is 1. The zero-order chi connectivity index (χ0) is 15.0. The molecule has 0 spiro atoms. The summed E-state index contributed by atoms with van der Waals surface area (Å²) in [5.74, 6) is -0.391. The molecule has 0 radical (unpaired) electrons.